The highest BCUT2D eigenvalue weighted by Crippen LogP contribution is 2.46. The fourth-order valence-corrected chi connectivity index (χ4v) is 3.47. The average molecular weight is 416 g/mol. The Hall–Kier alpha value is -2.80. The number of benzene rings is 2. The van der Waals surface area contributed by atoms with Gasteiger partial charge in [0.25, 0.3) is 0 Å². The number of halogens is 3. The number of aryl methyl sites for hydroxylation is 1. The van der Waals surface area contributed by atoms with E-state index in [0.29, 0.717) is 24.1 Å². The topological polar surface area (TPSA) is 65.1 Å². The molecule has 1 aliphatic carbocycles. The van der Waals surface area contributed by atoms with Gasteiger partial charge < -0.3 is 15.4 Å². The Kier molecular flexibility index (Phi) is 5.10. The number of carbonyl (C=O) groups is 1. The molecular formula is C23H23F3N2O2. The smallest absolute Gasteiger partial charge is 0.388 e. The number of aromatic amines is 1. The fraction of sp³-hybridized carbons (Fsp3) is 0.348. The van der Waals surface area contributed by atoms with Crippen LogP contribution in [0.3, 0.4) is 0 Å². The summed E-state index contributed by atoms with van der Waals surface area (Å²) in [5, 5.41) is 14.4. The lowest BCUT2D eigenvalue weighted by molar-refractivity contribution is -0.137. The summed E-state index contributed by atoms with van der Waals surface area (Å²) in [6.07, 6.45) is -0.783. The Morgan fingerprint density at radius 3 is 2.53 bits per heavy atom. The van der Waals surface area contributed by atoms with E-state index in [9.17, 15) is 23.1 Å². The molecule has 158 valence electrons. The maximum Gasteiger partial charge on any atom is 0.416 e. The number of carbonyl (C=O) groups excluding carboxylic acids is 1. The summed E-state index contributed by atoms with van der Waals surface area (Å²) in [6.45, 7) is 1.94. The number of fused-ring (bicyclic) bond motifs is 1. The molecular weight excluding hydrogens is 393 g/mol. The molecule has 0 saturated heterocycles. The van der Waals surface area contributed by atoms with Crippen molar-refractivity contribution in [3.63, 3.8) is 0 Å². The van der Waals surface area contributed by atoms with E-state index in [2.05, 4.69) is 10.3 Å². The summed E-state index contributed by atoms with van der Waals surface area (Å²) in [7, 11) is 0. The quantitative estimate of drug-likeness (QED) is 0.490. The average Bonchev–Trinajstić information content (AvgIpc) is 3.35. The Bertz CT molecular complexity index is 1070. The second kappa shape index (κ2) is 7.47. The number of rotatable bonds is 6. The second-order valence-electron chi connectivity index (χ2n) is 8.27. The lowest BCUT2D eigenvalue weighted by atomic mass is 9.99. The minimum atomic E-state index is -4.35. The van der Waals surface area contributed by atoms with E-state index in [0.717, 1.165) is 41.4 Å². The number of aliphatic hydroxyl groups is 1. The van der Waals surface area contributed by atoms with Gasteiger partial charge in [-0.15, -0.1) is 0 Å². The summed E-state index contributed by atoms with van der Waals surface area (Å²) in [5.74, 6) is -0.00310. The molecule has 0 aliphatic heterocycles. The van der Waals surface area contributed by atoms with Crippen molar-refractivity contribution in [2.75, 3.05) is 5.32 Å². The van der Waals surface area contributed by atoms with E-state index in [1.54, 1.807) is 6.20 Å². The minimum absolute atomic E-state index is 0.00310. The van der Waals surface area contributed by atoms with Crippen LogP contribution in [0.4, 0.5) is 18.9 Å². The molecule has 3 N–H and O–H groups in total. The molecule has 4 nitrogen and oxygen atoms in total. The van der Waals surface area contributed by atoms with Crippen LogP contribution in [0.5, 0.6) is 0 Å². The zero-order valence-corrected chi connectivity index (χ0v) is 16.5. The van der Waals surface area contributed by atoms with Crippen molar-refractivity contribution < 1.29 is 23.1 Å². The molecule has 0 spiro atoms. The molecule has 1 saturated carbocycles. The van der Waals surface area contributed by atoms with Crippen LogP contribution >= 0.6 is 0 Å². The highest BCUT2D eigenvalue weighted by Gasteiger charge is 2.45. The second-order valence-corrected chi connectivity index (χ2v) is 8.27. The molecule has 4 rings (SSSR count). The van der Waals surface area contributed by atoms with Crippen molar-refractivity contribution in [3.05, 3.63) is 65.4 Å². The predicted octanol–water partition coefficient (Wildman–Crippen LogP) is 5.59. The van der Waals surface area contributed by atoms with Crippen molar-refractivity contribution >= 4 is 22.5 Å². The first-order valence-electron chi connectivity index (χ1n) is 9.92. The molecule has 3 aromatic rings. The van der Waals surface area contributed by atoms with Gasteiger partial charge in [-0.25, -0.2) is 0 Å². The van der Waals surface area contributed by atoms with Crippen molar-refractivity contribution in [1.82, 2.24) is 4.98 Å². The molecule has 1 aliphatic rings. The van der Waals surface area contributed by atoms with E-state index in [-0.39, 0.29) is 11.3 Å². The van der Waals surface area contributed by atoms with E-state index < -0.39 is 17.8 Å². The molecule has 1 amide bonds. The van der Waals surface area contributed by atoms with Crippen LogP contribution in [0, 0.1) is 5.41 Å². The molecule has 0 bridgehead atoms. The van der Waals surface area contributed by atoms with Gasteiger partial charge >= 0.3 is 6.18 Å². The van der Waals surface area contributed by atoms with Gasteiger partial charge in [0.2, 0.25) is 5.91 Å². The third-order valence-electron chi connectivity index (χ3n) is 5.87. The highest BCUT2D eigenvalue weighted by molar-refractivity contribution is 6.04. The molecule has 2 aromatic carbocycles. The van der Waals surface area contributed by atoms with Crippen molar-refractivity contribution in [3.8, 4) is 0 Å². The van der Waals surface area contributed by atoms with Crippen LogP contribution < -0.4 is 5.32 Å². The minimum Gasteiger partial charge on any atom is -0.388 e. The lowest BCUT2D eigenvalue weighted by Gasteiger charge is -2.13. The van der Waals surface area contributed by atoms with Gasteiger partial charge in [-0.1, -0.05) is 25.1 Å². The third-order valence-corrected chi connectivity index (χ3v) is 5.87. The van der Waals surface area contributed by atoms with E-state index in [4.69, 9.17) is 0 Å². The number of H-pyrrole nitrogens is 1. The largest absolute Gasteiger partial charge is 0.416 e. The number of aromatic nitrogens is 1. The predicted molar refractivity (Wildman–Crippen MR) is 109 cm³/mol. The SMILES string of the molecule is CC1(C(=O)Nc2c[nH]c3ccc(C(O)CCc4ccc(C(F)(F)F)cc4)cc23)CC1. The first-order chi connectivity index (χ1) is 14.2. The van der Waals surface area contributed by atoms with Gasteiger partial charge in [0.15, 0.2) is 0 Å². The molecule has 7 heteroatoms. The van der Waals surface area contributed by atoms with Gasteiger partial charge in [0, 0.05) is 22.5 Å². The summed E-state index contributed by atoms with van der Waals surface area (Å²) in [4.78, 5) is 15.5. The molecule has 1 fully saturated rings. The van der Waals surface area contributed by atoms with Crippen molar-refractivity contribution in [2.24, 2.45) is 5.41 Å². The zero-order valence-electron chi connectivity index (χ0n) is 16.5. The van der Waals surface area contributed by atoms with Crippen LogP contribution in [0.2, 0.25) is 0 Å². The number of hydrogen-bond acceptors (Lipinski definition) is 2. The maximum atomic E-state index is 12.7. The number of anilines is 1. The van der Waals surface area contributed by atoms with Crippen LogP contribution in [-0.2, 0) is 17.4 Å². The number of amides is 1. The zero-order chi connectivity index (χ0) is 21.5. The van der Waals surface area contributed by atoms with Crippen LogP contribution in [0.15, 0.2) is 48.7 Å². The van der Waals surface area contributed by atoms with Crippen molar-refractivity contribution in [2.45, 2.75) is 44.9 Å². The third kappa shape index (κ3) is 4.21. The summed E-state index contributed by atoms with van der Waals surface area (Å²) in [5.41, 5.74) is 1.99. The fourth-order valence-electron chi connectivity index (χ4n) is 3.47. The Labute approximate surface area is 172 Å². The first kappa shape index (κ1) is 20.5. The summed E-state index contributed by atoms with van der Waals surface area (Å²) < 4.78 is 38.0. The standard InChI is InChI=1S/C23H23F3N2O2/c1-22(10-11-22)21(30)28-19-13-27-18-8-5-15(12-17(18)19)20(29)9-4-14-2-6-16(7-3-14)23(24,25)26/h2-3,5-8,12-13,20,27,29H,4,9-11H2,1H3,(H,28,30). The van der Waals surface area contributed by atoms with Gasteiger partial charge in [-0.3, -0.25) is 4.79 Å². The van der Waals surface area contributed by atoms with Crippen LogP contribution in [0.1, 0.15) is 49.0 Å². The maximum absolute atomic E-state index is 12.7. The van der Waals surface area contributed by atoms with Gasteiger partial charge in [-0.2, -0.15) is 13.2 Å². The Balaban J connectivity index is 1.44. The number of alkyl halides is 3. The molecule has 30 heavy (non-hydrogen) atoms. The van der Waals surface area contributed by atoms with Gasteiger partial charge in [0.1, 0.15) is 0 Å². The first-order valence-corrected chi connectivity index (χ1v) is 9.92. The van der Waals surface area contributed by atoms with Crippen molar-refractivity contribution in [1.29, 1.82) is 0 Å². The summed E-state index contributed by atoms with van der Waals surface area (Å²) in [6, 6.07) is 10.5. The Morgan fingerprint density at radius 1 is 1.20 bits per heavy atom. The molecule has 1 unspecified atom stereocenters. The van der Waals surface area contributed by atoms with Crippen LogP contribution in [0.25, 0.3) is 10.9 Å². The Morgan fingerprint density at radius 2 is 1.90 bits per heavy atom. The molecule has 1 aromatic heterocycles. The van der Waals surface area contributed by atoms with E-state index >= 15 is 0 Å². The monoisotopic (exact) mass is 416 g/mol. The molecule has 1 heterocycles. The van der Waals surface area contributed by atoms with E-state index in [1.807, 2.05) is 25.1 Å². The highest BCUT2D eigenvalue weighted by atomic mass is 19.4. The molecule has 1 atom stereocenters. The van der Waals surface area contributed by atoms with Gasteiger partial charge in [-0.05, 0) is 61.1 Å². The number of aliphatic hydroxyl groups excluding tert-OH is 1. The molecule has 0 radical (unpaired) electrons. The summed E-state index contributed by atoms with van der Waals surface area (Å²) >= 11 is 0. The normalized spacial score (nSPS) is 16.4. The van der Waals surface area contributed by atoms with Gasteiger partial charge in [0.05, 0.1) is 17.4 Å². The van der Waals surface area contributed by atoms with Crippen LogP contribution in [-0.4, -0.2) is 16.0 Å². The lowest BCUT2D eigenvalue weighted by Crippen LogP contribution is -2.21. The van der Waals surface area contributed by atoms with E-state index in [1.165, 1.54) is 12.1 Å². The number of hydrogen-bond donors (Lipinski definition) is 3. The number of nitrogens with one attached hydrogen (secondary N) is 2.